The van der Waals surface area contributed by atoms with Gasteiger partial charge in [0.15, 0.2) is 17.3 Å². The first-order valence-corrected chi connectivity index (χ1v) is 10.1. The van der Waals surface area contributed by atoms with Crippen LogP contribution in [0.1, 0.15) is 27.0 Å². The van der Waals surface area contributed by atoms with Crippen molar-refractivity contribution in [1.82, 2.24) is 4.98 Å². The summed E-state index contributed by atoms with van der Waals surface area (Å²) in [4.78, 5) is 17.1. The molecule has 1 aromatic heterocycles. The Kier molecular flexibility index (Phi) is 8.01. The molecule has 0 saturated carbocycles. The van der Waals surface area contributed by atoms with E-state index in [-0.39, 0.29) is 19.0 Å². The molecule has 0 aliphatic rings. The topological polar surface area (TPSA) is 110 Å². The van der Waals surface area contributed by atoms with Gasteiger partial charge in [-0.15, -0.1) is 0 Å². The standard InChI is InChI=1S/C25H26N2O6/c1-31-22-9-7-17(12-24(22)33-3)21(30)8-6-16-5-4-10-26-25(16)27-19-11-18(14-28)20(15-29)23(13-19)32-2/h4-13,28-29H,14-15H2,1-3H3,(H,26,27). The second-order valence-corrected chi connectivity index (χ2v) is 6.97. The Morgan fingerprint density at radius 1 is 0.970 bits per heavy atom. The number of aliphatic hydroxyl groups is 2. The third-order valence-corrected chi connectivity index (χ3v) is 5.03. The summed E-state index contributed by atoms with van der Waals surface area (Å²) in [6, 6.07) is 12.0. The van der Waals surface area contributed by atoms with Crippen molar-refractivity contribution in [3.05, 3.63) is 77.0 Å². The maximum atomic E-state index is 12.7. The van der Waals surface area contributed by atoms with E-state index < -0.39 is 0 Å². The normalized spacial score (nSPS) is 10.8. The van der Waals surface area contributed by atoms with Gasteiger partial charge in [-0.1, -0.05) is 0 Å². The molecule has 172 valence electrons. The van der Waals surface area contributed by atoms with E-state index in [1.54, 1.807) is 48.7 Å². The molecule has 1 heterocycles. The van der Waals surface area contributed by atoms with Gasteiger partial charge in [0, 0.05) is 34.6 Å². The van der Waals surface area contributed by atoms with Crippen molar-refractivity contribution in [2.45, 2.75) is 13.2 Å². The molecular formula is C25H26N2O6. The minimum absolute atomic E-state index is 0.206. The molecule has 0 atom stereocenters. The molecule has 0 fully saturated rings. The van der Waals surface area contributed by atoms with Crippen LogP contribution in [0.25, 0.3) is 6.08 Å². The van der Waals surface area contributed by atoms with Crippen molar-refractivity contribution in [3.8, 4) is 17.2 Å². The Balaban J connectivity index is 1.87. The number of pyridine rings is 1. The summed E-state index contributed by atoms with van der Waals surface area (Å²) in [6.45, 7) is -0.508. The molecule has 0 radical (unpaired) electrons. The Morgan fingerprint density at radius 3 is 2.39 bits per heavy atom. The van der Waals surface area contributed by atoms with Gasteiger partial charge in [-0.2, -0.15) is 0 Å². The molecule has 3 N–H and O–H groups in total. The van der Waals surface area contributed by atoms with Crippen LogP contribution in [0.3, 0.4) is 0 Å². The number of anilines is 2. The number of hydrogen-bond donors (Lipinski definition) is 3. The number of benzene rings is 2. The monoisotopic (exact) mass is 450 g/mol. The zero-order valence-electron chi connectivity index (χ0n) is 18.7. The lowest BCUT2D eigenvalue weighted by molar-refractivity contribution is 0.104. The van der Waals surface area contributed by atoms with E-state index in [4.69, 9.17) is 14.2 Å². The predicted octanol–water partition coefficient (Wildman–Crippen LogP) is 3.73. The van der Waals surface area contributed by atoms with Gasteiger partial charge in [-0.3, -0.25) is 4.79 Å². The third kappa shape index (κ3) is 5.49. The van der Waals surface area contributed by atoms with Crippen molar-refractivity contribution in [2.75, 3.05) is 26.6 Å². The molecule has 0 amide bonds. The third-order valence-electron chi connectivity index (χ3n) is 5.03. The number of ether oxygens (including phenoxy) is 3. The van der Waals surface area contributed by atoms with Gasteiger partial charge in [-0.25, -0.2) is 4.98 Å². The lowest BCUT2D eigenvalue weighted by atomic mass is 10.1. The molecule has 0 saturated heterocycles. The fraction of sp³-hybridized carbons (Fsp3) is 0.200. The molecule has 0 unspecified atom stereocenters. The molecule has 33 heavy (non-hydrogen) atoms. The number of rotatable bonds is 10. The van der Waals surface area contributed by atoms with E-state index in [1.807, 2.05) is 6.07 Å². The number of ketones is 1. The van der Waals surface area contributed by atoms with E-state index in [1.165, 1.54) is 27.4 Å². The summed E-state index contributed by atoms with van der Waals surface area (Å²) in [5, 5.41) is 22.4. The van der Waals surface area contributed by atoms with Crippen LogP contribution in [0.15, 0.2) is 54.7 Å². The zero-order chi connectivity index (χ0) is 23.8. The molecule has 0 spiro atoms. The van der Waals surface area contributed by atoms with Crippen LogP contribution < -0.4 is 19.5 Å². The second kappa shape index (κ2) is 11.1. The van der Waals surface area contributed by atoms with E-state index in [0.29, 0.717) is 51.0 Å². The van der Waals surface area contributed by atoms with Crippen LogP contribution in [0, 0.1) is 0 Å². The Morgan fingerprint density at radius 2 is 1.73 bits per heavy atom. The summed E-state index contributed by atoms with van der Waals surface area (Å²) >= 11 is 0. The van der Waals surface area contributed by atoms with Crippen molar-refractivity contribution >= 4 is 23.4 Å². The quantitative estimate of drug-likeness (QED) is 0.317. The highest BCUT2D eigenvalue weighted by Gasteiger charge is 2.12. The van der Waals surface area contributed by atoms with Crippen LogP contribution in [-0.4, -0.2) is 42.3 Å². The molecule has 8 nitrogen and oxygen atoms in total. The Labute approximate surface area is 192 Å². The molecular weight excluding hydrogens is 424 g/mol. The molecule has 0 aliphatic heterocycles. The lowest BCUT2D eigenvalue weighted by Crippen LogP contribution is -2.03. The number of carbonyl (C=O) groups excluding carboxylic acids is 1. The van der Waals surface area contributed by atoms with E-state index in [2.05, 4.69) is 10.3 Å². The number of aromatic nitrogens is 1. The SMILES string of the molecule is COc1ccc(C(=O)C=Cc2cccnc2Nc2cc(CO)c(CO)c(OC)c2)cc1OC. The highest BCUT2D eigenvalue weighted by Crippen LogP contribution is 2.31. The van der Waals surface area contributed by atoms with Gasteiger partial charge < -0.3 is 29.7 Å². The smallest absolute Gasteiger partial charge is 0.185 e. The van der Waals surface area contributed by atoms with Crippen LogP contribution in [0.2, 0.25) is 0 Å². The fourth-order valence-corrected chi connectivity index (χ4v) is 3.32. The summed E-state index contributed by atoms with van der Waals surface area (Å²) in [5.41, 5.74) is 2.82. The maximum absolute atomic E-state index is 12.7. The van der Waals surface area contributed by atoms with E-state index in [0.717, 1.165) is 0 Å². The van der Waals surface area contributed by atoms with Crippen LogP contribution in [0.5, 0.6) is 17.2 Å². The van der Waals surface area contributed by atoms with Gasteiger partial charge in [0.05, 0.1) is 34.5 Å². The number of aliphatic hydroxyl groups excluding tert-OH is 2. The summed E-state index contributed by atoms with van der Waals surface area (Å²) in [6.07, 6.45) is 4.75. The van der Waals surface area contributed by atoms with Gasteiger partial charge in [0.25, 0.3) is 0 Å². The maximum Gasteiger partial charge on any atom is 0.185 e. The van der Waals surface area contributed by atoms with E-state index >= 15 is 0 Å². The largest absolute Gasteiger partial charge is 0.496 e. The fourth-order valence-electron chi connectivity index (χ4n) is 3.32. The molecule has 8 heteroatoms. The first-order valence-electron chi connectivity index (χ1n) is 10.1. The second-order valence-electron chi connectivity index (χ2n) is 6.97. The summed E-state index contributed by atoms with van der Waals surface area (Å²) in [7, 11) is 4.54. The zero-order valence-corrected chi connectivity index (χ0v) is 18.7. The number of methoxy groups -OCH3 is 3. The predicted molar refractivity (Wildman–Crippen MR) is 125 cm³/mol. The number of carbonyl (C=O) groups is 1. The van der Waals surface area contributed by atoms with Crippen molar-refractivity contribution in [1.29, 1.82) is 0 Å². The molecule has 0 aliphatic carbocycles. The van der Waals surface area contributed by atoms with Crippen LogP contribution in [0.4, 0.5) is 11.5 Å². The van der Waals surface area contributed by atoms with Gasteiger partial charge >= 0.3 is 0 Å². The first-order chi connectivity index (χ1) is 16.0. The number of nitrogens with one attached hydrogen (secondary N) is 1. The number of allylic oxidation sites excluding steroid dienone is 1. The number of nitrogens with zero attached hydrogens (tertiary/aromatic N) is 1. The average molecular weight is 450 g/mol. The van der Waals surface area contributed by atoms with Crippen LogP contribution in [-0.2, 0) is 13.2 Å². The first kappa shape index (κ1) is 23.8. The Bertz CT molecular complexity index is 1130. The van der Waals surface area contributed by atoms with E-state index in [9.17, 15) is 15.0 Å². The minimum atomic E-state index is -0.255. The molecule has 3 aromatic rings. The summed E-state index contributed by atoms with van der Waals surface area (Å²) in [5.74, 6) is 1.77. The van der Waals surface area contributed by atoms with Crippen molar-refractivity contribution in [3.63, 3.8) is 0 Å². The average Bonchev–Trinajstić information content (AvgIpc) is 2.86. The minimum Gasteiger partial charge on any atom is -0.496 e. The highest BCUT2D eigenvalue weighted by molar-refractivity contribution is 6.07. The van der Waals surface area contributed by atoms with Crippen molar-refractivity contribution < 1.29 is 29.2 Å². The van der Waals surface area contributed by atoms with Crippen molar-refractivity contribution in [2.24, 2.45) is 0 Å². The van der Waals surface area contributed by atoms with Gasteiger partial charge in [-0.05, 0) is 54.1 Å². The molecule has 3 rings (SSSR count). The van der Waals surface area contributed by atoms with Gasteiger partial charge in [0.1, 0.15) is 11.6 Å². The highest BCUT2D eigenvalue weighted by atomic mass is 16.5. The molecule has 2 aromatic carbocycles. The Hall–Kier alpha value is -3.88. The number of hydrogen-bond acceptors (Lipinski definition) is 8. The molecule has 0 bridgehead atoms. The van der Waals surface area contributed by atoms with Crippen LogP contribution >= 0.6 is 0 Å². The lowest BCUT2D eigenvalue weighted by Gasteiger charge is -2.15. The summed E-state index contributed by atoms with van der Waals surface area (Å²) < 4.78 is 15.8. The van der Waals surface area contributed by atoms with Gasteiger partial charge in [0.2, 0.25) is 0 Å².